The van der Waals surface area contributed by atoms with Crippen LogP contribution in [0.4, 0.5) is 0 Å². The van der Waals surface area contributed by atoms with Gasteiger partial charge in [-0.2, -0.15) is 0 Å². The zero-order valence-corrected chi connectivity index (χ0v) is 23.4. The number of ether oxygens (including phenoxy) is 1. The van der Waals surface area contributed by atoms with Gasteiger partial charge in [-0.25, -0.2) is 0 Å². The van der Waals surface area contributed by atoms with E-state index >= 15 is 0 Å². The highest BCUT2D eigenvalue weighted by atomic mass is 32.1. The number of nitrogens with one attached hydrogen (secondary N) is 1. The highest BCUT2D eigenvalue weighted by Gasteiger charge is 2.45. The zero-order valence-electron chi connectivity index (χ0n) is 22.6. The van der Waals surface area contributed by atoms with Crippen LogP contribution in [0.1, 0.15) is 49.7 Å². The second kappa shape index (κ2) is 12.7. The molecule has 0 radical (unpaired) electrons. The number of carbonyl (C=O) groups is 3. The van der Waals surface area contributed by atoms with E-state index in [1.54, 1.807) is 4.90 Å². The summed E-state index contributed by atoms with van der Waals surface area (Å²) >= 11 is 1.40. The Bertz CT molecular complexity index is 904. The van der Waals surface area contributed by atoms with Crippen molar-refractivity contribution in [3.05, 3.63) is 22.4 Å². The molecular formula is C27H43N5O4S. The van der Waals surface area contributed by atoms with Crippen LogP contribution in [0.5, 0.6) is 0 Å². The van der Waals surface area contributed by atoms with Crippen molar-refractivity contribution in [3.63, 3.8) is 0 Å². The quantitative estimate of drug-likeness (QED) is 0.575. The monoisotopic (exact) mass is 533 g/mol. The van der Waals surface area contributed by atoms with Crippen molar-refractivity contribution in [2.75, 3.05) is 72.1 Å². The van der Waals surface area contributed by atoms with Gasteiger partial charge in [0.25, 0.3) is 5.91 Å². The maximum absolute atomic E-state index is 13.8. The van der Waals surface area contributed by atoms with Crippen LogP contribution in [0, 0.1) is 5.41 Å². The third kappa shape index (κ3) is 7.52. The molecule has 3 amide bonds. The Hall–Kier alpha value is -2.01. The number of morpholine rings is 1. The first-order chi connectivity index (χ1) is 17.7. The van der Waals surface area contributed by atoms with Crippen molar-refractivity contribution in [1.82, 2.24) is 24.9 Å². The van der Waals surface area contributed by atoms with Crippen molar-refractivity contribution >= 4 is 29.1 Å². The molecule has 0 spiro atoms. The molecule has 3 saturated heterocycles. The SMILES string of the molecule is CC(C)(C)CC(=O)N(CCN1CCOCC1)C1CC(C(=O)N2CCCNCC2)N(C(=O)c2cccs2)C1. The number of carbonyl (C=O) groups excluding carboxylic acids is 3. The fourth-order valence-corrected chi connectivity index (χ4v) is 6.14. The number of likely N-dealkylation sites (tertiary alicyclic amines) is 1. The summed E-state index contributed by atoms with van der Waals surface area (Å²) in [4.78, 5) is 49.6. The van der Waals surface area contributed by atoms with E-state index in [0.717, 1.165) is 39.1 Å². The van der Waals surface area contributed by atoms with E-state index in [0.29, 0.717) is 57.1 Å². The molecule has 206 valence electrons. The Balaban J connectivity index is 1.56. The van der Waals surface area contributed by atoms with Crippen molar-refractivity contribution in [3.8, 4) is 0 Å². The summed E-state index contributed by atoms with van der Waals surface area (Å²) in [6, 6.07) is 2.95. The Morgan fingerprint density at radius 3 is 2.62 bits per heavy atom. The lowest BCUT2D eigenvalue weighted by atomic mass is 9.91. The summed E-state index contributed by atoms with van der Waals surface area (Å²) in [6.07, 6.45) is 1.82. The van der Waals surface area contributed by atoms with Crippen LogP contribution >= 0.6 is 11.3 Å². The topological polar surface area (TPSA) is 85.4 Å². The molecule has 0 aliphatic carbocycles. The van der Waals surface area contributed by atoms with Gasteiger partial charge in [0, 0.05) is 58.8 Å². The normalized spacial score (nSPS) is 23.6. The molecule has 1 aromatic heterocycles. The van der Waals surface area contributed by atoms with E-state index < -0.39 is 6.04 Å². The first-order valence-corrected chi connectivity index (χ1v) is 14.5. The van der Waals surface area contributed by atoms with Crippen molar-refractivity contribution in [2.24, 2.45) is 5.41 Å². The van der Waals surface area contributed by atoms with Crippen LogP contribution in [0.2, 0.25) is 0 Å². The van der Waals surface area contributed by atoms with Gasteiger partial charge in [0.05, 0.1) is 24.1 Å². The maximum atomic E-state index is 13.8. The molecule has 3 aliphatic rings. The van der Waals surface area contributed by atoms with Crippen LogP contribution in [-0.4, -0.2) is 122 Å². The van der Waals surface area contributed by atoms with E-state index in [9.17, 15) is 14.4 Å². The summed E-state index contributed by atoms with van der Waals surface area (Å²) < 4.78 is 5.49. The van der Waals surface area contributed by atoms with E-state index in [2.05, 4.69) is 31.0 Å². The smallest absolute Gasteiger partial charge is 0.264 e. The van der Waals surface area contributed by atoms with Crippen LogP contribution < -0.4 is 5.32 Å². The van der Waals surface area contributed by atoms with E-state index in [-0.39, 0.29) is 29.2 Å². The fraction of sp³-hybridized carbons (Fsp3) is 0.741. The molecule has 0 aromatic carbocycles. The molecule has 1 aromatic rings. The number of thiophene rings is 1. The summed E-state index contributed by atoms with van der Waals surface area (Å²) in [5.74, 6) is -0.00550. The largest absolute Gasteiger partial charge is 0.379 e. The minimum absolute atomic E-state index is 0.00695. The number of nitrogens with zero attached hydrogens (tertiary/aromatic N) is 4. The van der Waals surface area contributed by atoms with Gasteiger partial charge in [0.1, 0.15) is 6.04 Å². The molecule has 1 N–H and O–H groups in total. The van der Waals surface area contributed by atoms with Crippen molar-refractivity contribution < 1.29 is 19.1 Å². The molecule has 9 nitrogen and oxygen atoms in total. The molecule has 10 heteroatoms. The third-order valence-corrected chi connectivity index (χ3v) is 8.27. The van der Waals surface area contributed by atoms with E-state index in [4.69, 9.17) is 4.74 Å². The van der Waals surface area contributed by atoms with E-state index in [1.807, 2.05) is 27.3 Å². The van der Waals surface area contributed by atoms with Gasteiger partial charge in [-0.15, -0.1) is 11.3 Å². The van der Waals surface area contributed by atoms with Gasteiger partial charge in [0.15, 0.2) is 0 Å². The average molecular weight is 534 g/mol. The Morgan fingerprint density at radius 1 is 1.14 bits per heavy atom. The van der Waals surface area contributed by atoms with Gasteiger partial charge in [-0.05, 0) is 36.2 Å². The number of hydrogen-bond donors (Lipinski definition) is 1. The minimum atomic E-state index is -0.550. The molecule has 3 aliphatic heterocycles. The maximum Gasteiger partial charge on any atom is 0.264 e. The standard InChI is InChI=1S/C27H43N5O4S/c1-27(2,3)19-24(33)31(12-11-29-13-15-36-16-14-29)21-18-22(25(34)30-9-5-7-28-8-10-30)32(20-21)26(35)23-6-4-17-37-23/h4,6,17,21-22,28H,5,7-16,18-20H2,1-3H3. The van der Waals surface area contributed by atoms with Gasteiger partial charge in [0.2, 0.25) is 11.8 Å². The summed E-state index contributed by atoms with van der Waals surface area (Å²) in [5, 5.41) is 5.24. The zero-order chi connectivity index (χ0) is 26.4. The van der Waals surface area contributed by atoms with E-state index in [1.165, 1.54) is 11.3 Å². The van der Waals surface area contributed by atoms with Crippen molar-refractivity contribution in [2.45, 2.75) is 52.1 Å². The first-order valence-electron chi connectivity index (χ1n) is 13.7. The van der Waals surface area contributed by atoms with Crippen LogP contribution in [0.3, 0.4) is 0 Å². The second-order valence-corrected chi connectivity index (χ2v) is 12.5. The van der Waals surface area contributed by atoms with Gasteiger partial charge in [-0.3, -0.25) is 19.3 Å². The lowest BCUT2D eigenvalue weighted by Gasteiger charge is -2.34. The first kappa shape index (κ1) is 28.0. The predicted molar refractivity (Wildman–Crippen MR) is 145 cm³/mol. The van der Waals surface area contributed by atoms with Crippen LogP contribution in [-0.2, 0) is 14.3 Å². The summed E-state index contributed by atoms with van der Waals surface area (Å²) in [7, 11) is 0. The molecular weight excluding hydrogens is 490 g/mol. The second-order valence-electron chi connectivity index (χ2n) is 11.5. The Morgan fingerprint density at radius 2 is 1.92 bits per heavy atom. The molecule has 2 unspecified atom stereocenters. The molecule has 4 rings (SSSR count). The Kier molecular flexibility index (Phi) is 9.61. The van der Waals surface area contributed by atoms with Gasteiger partial charge >= 0.3 is 0 Å². The fourth-order valence-electron chi connectivity index (χ4n) is 5.46. The van der Waals surface area contributed by atoms with Gasteiger partial charge in [-0.1, -0.05) is 26.8 Å². The van der Waals surface area contributed by atoms with Crippen molar-refractivity contribution in [1.29, 1.82) is 0 Å². The minimum Gasteiger partial charge on any atom is -0.379 e. The lowest BCUT2D eigenvalue weighted by molar-refractivity contribution is -0.137. The predicted octanol–water partition coefficient (Wildman–Crippen LogP) is 1.75. The van der Waals surface area contributed by atoms with Crippen LogP contribution in [0.25, 0.3) is 0 Å². The number of hydrogen-bond acceptors (Lipinski definition) is 7. The Labute approximate surface area is 225 Å². The highest BCUT2D eigenvalue weighted by molar-refractivity contribution is 7.12. The molecule has 2 atom stereocenters. The summed E-state index contributed by atoms with van der Waals surface area (Å²) in [5.41, 5.74) is -0.145. The lowest BCUT2D eigenvalue weighted by Crippen LogP contribution is -2.49. The third-order valence-electron chi connectivity index (χ3n) is 7.41. The van der Waals surface area contributed by atoms with Crippen LogP contribution in [0.15, 0.2) is 17.5 Å². The summed E-state index contributed by atoms with van der Waals surface area (Å²) in [6.45, 7) is 14.1. The molecule has 3 fully saturated rings. The number of amides is 3. The molecule has 4 heterocycles. The average Bonchev–Trinajstić information content (AvgIpc) is 3.48. The molecule has 0 saturated carbocycles. The number of rotatable bonds is 7. The molecule has 0 bridgehead atoms. The van der Waals surface area contributed by atoms with Gasteiger partial charge < -0.3 is 24.8 Å². The molecule has 37 heavy (non-hydrogen) atoms. The highest BCUT2D eigenvalue weighted by Crippen LogP contribution is 2.29.